The number of esters is 16. The maximum Gasteiger partial charge on any atom is 0.330 e. The summed E-state index contributed by atoms with van der Waals surface area (Å²) in [6.45, 7) is 67.8. The highest BCUT2D eigenvalue weighted by atomic mass is 16.6. The SMILES string of the molecule is C=CC(=O)OC/C=C\COC(=O)C=C.C=CC(=O)OC1CC2CCC1(C)C2(C)C.C=CC(=O)OCC(C)(C)COC(=O)C=C.C=CC(=O)OCC(COC(=O)C=C)(COC(=O)C=C)COC(=O)C=C.C=CC(=O)OCC(COC(=O)C=C)c1ccccc1.C=CC(=O)OCC(OC(=O)C=C)c1ccccc1.C=CC(=O)OCc1cccc(COC(=O)C=C)c1.C=CC(=O)OCc1ccccc1.C=CC(C)=O. The van der Waals surface area contributed by atoms with E-state index in [2.05, 4.69) is 142 Å². The number of fused-ring (bicyclic) bond motifs is 2. The molecule has 4 atom stereocenters. The average Bonchev–Trinajstić information content (AvgIpc) is 1.56. The fourth-order valence-electron chi connectivity index (χ4n) is 10.8. The minimum absolute atomic E-state index is 0.0185. The Balaban J connectivity index is -0.00000154. The number of hydrogen-bond donors (Lipinski definition) is 0. The van der Waals surface area contributed by atoms with Gasteiger partial charge in [0, 0.05) is 108 Å². The monoisotopic (exact) mass is 1950 g/mol. The first-order chi connectivity index (χ1) is 66.9. The Kier molecular flexibility index (Phi) is 68.9. The number of allylic oxidation sites excluding steroid dienone is 1. The van der Waals surface area contributed by atoms with Crippen molar-refractivity contribution in [1.29, 1.82) is 0 Å². The van der Waals surface area contributed by atoms with Crippen LogP contribution in [0.1, 0.15) is 101 Å². The molecule has 0 aliphatic heterocycles. The molecule has 2 aliphatic rings. The molecule has 33 nitrogen and oxygen atoms in total. The third kappa shape index (κ3) is 60.5. The van der Waals surface area contributed by atoms with Gasteiger partial charge in [0.2, 0.25) is 0 Å². The van der Waals surface area contributed by atoms with Gasteiger partial charge in [0.1, 0.15) is 90.8 Å². The van der Waals surface area contributed by atoms with Crippen LogP contribution in [0.2, 0.25) is 0 Å². The topological polar surface area (TPSA) is 438 Å². The van der Waals surface area contributed by atoms with Gasteiger partial charge in [-0.25, -0.2) is 76.7 Å². The molecule has 0 N–H and O–H groups in total. The van der Waals surface area contributed by atoms with E-state index < -0.39 is 101 Å². The summed E-state index contributed by atoms with van der Waals surface area (Å²) in [5, 5.41) is 0. The molecule has 6 rings (SSSR count). The van der Waals surface area contributed by atoms with Gasteiger partial charge < -0.3 is 75.8 Å². The molecule has 2 aliphatic carbocycles. The van der Waals surface area contributed by atoms with Gasteiger partial charge in [-0.15, -0.1) is 0 Å². The summed E-state index contributed by atoms with van der Waals surface area (Å²) >= 11 is 0. The summed E-state index contributed by atoms with van der Waals surface area (Å²) in [5.41, 5.74) is 2.99. The van der Waals surface area contributed by atoms with Gasteiger partial charge in [0.05, 0.1) is 19.1 Å². The molecule has 0 aromatic heterocycles. The Labute approximate surface area is 823 Å². The first-order valence-corrected chi connectivity index (χ1v) is 42.7. The molecule has 0 saturated heterocycles. The van der Waals surface area contributed by atoms with Crippen LogP contribution in [0.3, 0.4) is 0 Å². The van der Waals surface area contributed by atoms with Crippen molar-refractivity contribution in [2.24, 2.45) is 27.6 Å². The van der Waals surface area contributed by atoms with Crippen molar-refractivity contribution in [3.63, 3.8) is 0 Å². The summed E-state index contributed by atoms with van der Waals surface area (Å²) in [6, 6.07) is 35.1. The number of rotatable bonds is 49. The van der Waals surface area contributed by atoms with Crippen molar-refractivity contribution in [3.8, 4) is 0 Å². The first-order valence-electron chi connectivity index (χ1n) is 42.7. The summed E-state index contributed by atoms with van der Waals surface area (Å²) in [6.07, 6.45) is 24.3. The van der Waals surface area contributed by atoms with Crippen molar-refractivity contribution in [3.05, 3.63) is 370 Å². The zero-order valence-electron chi connectivity index (χ0n) is 80.8. The van der Waals surface area contributed by atoms with Crippen molar-refractivity contribution >= 4 is 101 Å². The number of benzene rings is 4. The van der Waals surface area contributed by atoms with E-state index in [9.17, 15) is 81.5 Å². The van der Waals surface area contributed by atoms with Crippen molar-refractivity contribution in [2.45, 2.75) is 98.8 Å². The van der Waals surface area contributed by atoms with E-state index in [-0.39, 0.29) is 121 Å². The zero-order chi connectivity index (χ0) is 107. The first kappa shape index (κ1) is 129. The van der Waals surface area contributed by atoms with Crippen molar-refractivity contribution in [1.82, 2.24) is 0 Å². The Morgan fingerprint density at radius 1 is 0.326 bits per heavy atom. The molecule has 0 radical (unpaired) electrons. The van der Waals surface area contributed by atoms with Crippen molar-refractivity contribution < 1.29 is 157 Å². The lowest BCUT2D eigenvalue weighted by Crippen LogP contribution is -2.43. The van der Waals surface area contributed by atoms with E-state index in [1.165, 1.54) is 31.9 Å². The van der Waals surface area contributed by atoms with E-state index in [4.69, 9.17) is 66.3 Å². The lowest BCUT2D eigenvalue weighted by atomic mass is 9.70. The third-order valence-electron chi connectivity index (χ3n) is 18.9. The average molecular weight is 1950 g/mol. The number of carbonyl (C=O) groups is 17. The van der Waals surface area contributed by atoms with Crippen LogP contribution in [0.25, 0.3) is 0 Å². The van der Waals surface area contributed by atoms with E-state index >= 15 is 0 Å². The smallest absolute Gasteiger partial charge is 0.330 e. The van der Waals surface area contributed by atoms with Crippen LogP contribution in [-0.4, -0.2) is 180 Å². The lowest BCUT2D eigenvalue weighted by molar-refractivity contribution is -0.165. The number of ketones is 1. The Morgan fingerprint density at radius 2 is 0.603 bits per heavy atom. The van der Waals surface area contributed by atoms with Crippen molar-refractivity contribution in [2.75, 3.05) is 72.7 Å². The fraction of sp³-hybridized carbons (Fsp3) is 0.287. The van der Waals surface area contributed by atoms with Gasteiger partial charge in [0.25, 0.3) is 0 Å². The zero-order valence-corrected chi connectivity index (χ0v) is 80.8. The lowest BCUT2D eigenvalue weighted by Gasteiger charge is -2.38. The molecule has 141 heavy (non-hydrogen) atoms. The second-order valence-corrected chi connectivity index (χ2v) is 30.1. The molecule has 2 saturated carbocycles. The molecule has 4 aromatic carbocycles. The molecule has 0 amide bonds. The summed E-state index contributed by atoms with van der Waals surface area (Å²) < 4.78 is 78.8. The van der Waals surface area contributed by atoms with Gasteiger partial charge in [-0.05, 0) is 89.6 Å². The largest absolute Gasteiger partial charge is 0.462 e. The number of ether oxygens (including phenoxy) is 16. The maximum atomic E-state index is 11.3. The molecule has 0 heterocycles. The third-order valence-corrected chi connectivity index (χ3v) is 18.9. The van der Waals surface area contributed by atoms with Crippen LogP contribution in [0.4, 0.5) is 0 Å². The van der Waals surface area contributed by atoms with Crippen LogP contribution in [0, 0.1) is 27.6 Å². The minimum atomic E-state index is -1.34. The van der Waals surface area contributed by atoms with E-state index in [0.717, 1.165) is 125 Å². The fourth-order valence-corrected chi connectivity index (χ4v) is 10.8. The van der Waals surface area contributed by atoms with E-state index in [1.807, 2.05) is 92.7 Å². The quantitative estimate of drug-likeness (QED) is 0.0171. The number of carbonyl (C=O) groups excluding carboxylic acids is 17. The second-order valence-electron chi connectivity index (χ2n) is 30.1. The molecule has 0 spiro atoms. The summed E-state index contributed by atoms with van der Waals surface area (Å²) in [5.74, 6) is -8.23. The van der Waals surface area contributed by atoms with E-state index in [1.54, 1.807) is 48.6 Å². The van der Waals surface area contributed by atoms with Crippen LogP contribution < -0.4 is 0 Å². The Bertz CT molecular complexity index is 4710. The van der Waals surface area contributed by atoms with Gasteiger partial charge in [0.15, 0.2) is 11.9 Å². The molecule has 33 heteroatoms. The highest BCUT2D eigenvalue weighted by molar-refractivity contribution is 5.88. The van der Waals surface area contributed by atoms with Crippen LogP contribution in [0.5, 0.6) is 0 Å². The Hall–Kier alpha value is -16.6. The van der Waals surface area contributed by atoms with Gasteiger partial charge in [-0.2, -0.15) is 0 Å². The normalized spacial score (nSPS) is 13.1. The summed E-state index contributed by atoms with van der Waals surface area (Å²) in [4.78, 5) is 186. The highest BCUT2D eigenvalue weighted by Gasteiger charge is 2.63. The molecular weight excluding hydrogens is 1830 g/mol. The van der Waals surface area contributed by atoms with Crippen LogP contribution in [0.15, 0.2) is 343 Å². The molecule has 758 valence electrons. The van der Waals surface area contributed by atoms with Crippen LogP contribution in [-0.2, 0) is 177 Å². The molecular formula is C108H128O33. The highest BCUT2D eigenvalue weighted by Crippen LogP contribution is 2.66. The second kappa shape index (κ2) is 75.6. The van der Waals surface area contributed by atoms with Gasteiger partial charge in [-0.1, -0.05) is 256 Å². The molecule has 2 bridgehead atoms. The molecule has 2 fully saturated rings. The molecule has 4 aromatic rings. The van der Waals surface area contributed by atoms with E-state index in [0.29, 0.717) is 17.9 Å². The van der Waals surface area contributed by atoms with Gasteiger partial charge >= 0.3 is 95.5 Å². The minimum Gasteiger partial charge on any atom is -0.462 e. The predicted molar refractivity (Wildman–Crippen MR) is 526 cm³/mol. The maximum absolute atomic E-state index is 11.3. The predicted octanol–water partition coefficient (Wildman–Crippen LogP) is 15.5. The van der Waals surface area contributed by atoms with Crippen LogP contribution >= 0.6 is 0 Å². The standard InChI is InChI=1S/C17H20O8.C15H16O4.2C14H14O4.C13H20O2.C11H16O4.C10H12O4.C10H10O2.C4H6O/c1-5-13(18)22-9-17(10-23-14(19)6-2,11-24-15(20)7-3)12-25-16(21)8-4;1-3-14(16)18-10-13(11-19-15(17)4-2)12-8-6-5-7-9-12;1-3-13(15)17-9-11-6-5-7-12(8-11)10-18-14(16)4-2;1-3-13(15)17-10-12(18-14(16)4-2)11-8-6-5-7-9-11;1-5-11(14)15-10-8-9-6-7-13(10,4)12(9,2)3;1-5-9(12)14-7-11(3,4)8-15-10(13)6-2;1-3-9(11)13-7-5-6-8-14-10(12)4-2;1-2-10(11)12-8-9-6-4-3-5-7-9;1-3-4(2)5/h5-8H,1-4,9-12H2;3-9,13H,1-2,10-11H2;3-8H,1-2,9-10H2;3-9,12H,1-2,10H2;5,9-10H,1,6-8H2,2-4H3;5-6H,1-2,7-8H2,3-4H3;3-6H,1-2,7-8H2;2-7H,1,8H2;3H,1H2,2H3/b;;;;;;6-5-;;. The summed E-state index contributed by atoms with van der Waals surface area (Å²) in [7, 11) is 0. The molecule has 4 unspecified atom stereocenters. The number of hydrogen-bond acceptors (Lipinski definition) is 33. The Morgan fingerprint density at radius 3 is 0.908 bits per heavy atom. The van der Waals surface area contributed by atoms with Gasteiger partial charge in [-0.3, -0.25) is 4.79 Å².